The summed E-state index contributed by atoms with van der Waals surface area (Å²) in [5.74, 6) is -0.452. The van der Waals surface area contributed by atoms with Gasteiger partial charge in [0.2, 0.25) is 0 Å². The first-order chi connectivity index (χ1) is 9.56. The van der Waals surface area contributed by atoms with Crippen molar-refractivity contribution in [3.05, 3.63) is 46.6 Å². The molecule has 0 saturated heterocycles. The summed E-state index contributed by atoms with van der Waals surface area (Å²) in [5.41, 5.74) is 0.888. The quantitative estimate of drug-likeness (QED) is 0.612. The van der Waals surface area contributed by atoms with Crippen molar-refractivity contribution in [2.45, 2.75) is 6.54 Å². The molecule has 1 amide bonds. The predicted octanol–water partition coefficient (Wildman–Crippen LogP) is 1.29. The molecule has 0 aliphatic heterocycles. The van der Waals surface area contributed by atoms with Crippen molar-refractivity contribution < 1.29 is 9.90 Å². The number of aliphatic hydroxyl groups is 1. The zero-order valence-electron chi connectivity index (χ0n) is 11.1. The van der Waals surface area contributed by atoms with Gasteiger partial charge in [0.15, 0.2) is 0 Å². The van der Waals surface area contributed by atoms with Crippen LogP contribution in [0.1, 0.15) is 5.56 Å². The average molecular weight is 294 g/mol. The van der Waals surface area contributed by atoms with E-state index in [-0.39, 0.29) is 12.2 Å². The van der Waals surface area contributed by atoms with Crippen molar-refractivity contribution in [3.8, 4) is 6.07 Å². The van der Waals surface area contributed by atoms with Gasteiger partial charge in [0, 0.05) is 31.4 Å². The number of carbonyl (C=O) groups excluding carboxylic acids is 1. The number of nitriles is 1. The average Bonchev–Trinajstić information content (AvgIpc) is 2.44. The van der Waals surface area contributed by atoms with Gasteiger partial charge in [-0.1, -0.05) is 23.7 Å². The van der Waals surface area contributed by atoms with E-state index >= 15 is 0 Å². The molecule has 0 fully saturated rings. The zero-order valence-corrected chi connectivity index (χ0v) is 11.9. The molecule has 0 aromatic heterocycles. The molecule has 0 unspecified atom stereocenters. The van der Waals surface area contributed by atoms with Gasteiger partial charge in [-0.3, -0.25) is 4.79 Å². The molecule has 106 valence electrons. The lowest BCUT2D eigenvalue weighted by atomic mass is 10.2. The fraction of sp³-hybridized carbons (Fsp3) is 0.286. The van der Waals surface area contributed by atoms with E-state index in [4.69, 9.17) is 22.0 Å². The van der Waals surface area contributed by atoms with Gasteiger partial charge in [0.05, 0.1) is 6.61 Å². The van der Waals surface area contributed by atoms with Crippen LogP contribution in [0.4, 0.5) is 0 Å². The number of aliphatic hydroxyl groups excluding tert-OH is 1. The Balaban J connectivity index is 2.60. The van der Waals surface area contributed by atoms with E-state index in [1.54, 1.807) is 36.2 Å². The first-order valence-electron chi connectivity index (χ1n) is 6.02. The maximum absolute atomic E-state index is 11.8. The van der Waals surface area contributed by atoms with Gasteiger partial charge in [0.25, 0.3) is 5.91 Å². The number of halogens is 1. The SMILES string of the molecule is CN(/C=C(/C#N)C(=O)NCc1ccc(Cl)cc1)CCO. The Hall–Kier alpha value is -2.03. The number of nitrogens with zero attached hydrogens (tertiary/aromatic N) is 2. The van der Waals surface area contributed by atoms with Crippen molar-refractivity contribution in [3.63, 3.8) is 0 Å². The summed E-state index contributed by atoms with van der Waals surface area (Å²) >= 11 is 5.77. The minimum atomic E-state index is -0.452. The van der Waals surface area contributed by atoms with Gasteiger partial charge in [-0.15, -0.1) is 0 Å². The molecule has 0 heterocycles. The largest absolute Gasteiger partial charge is 0.395 e. The highest BCUT2D eigenvalue weighted by Gasteiger charge is 2.09. The van der Waals surface area contributed by atoms with Crippen molar-refractivity contribution >= 4 is 17.5 Å². The van der Waals surface area contributed by atoms with E-state index in [1.807, 2.05) is 6.07 Å². The summed E-state index contributed by atoms with van der Waals surface area (Å²) in [5, 5.41) is 21.0. The number of nitrogens with one attached hydrogen (secondary N) is 1. The summed E-state index contributed by atoms with van der Waals surface area (Å²) in [7, 11) is 1.68. The topological polar surface area (TPSA) is 76.4 Å². The fourth-order valence-corrected chi connectivity index (χ4v) is 1.59. The smallest absolute Gasteiger partial charge is 0.263 e. The van der Waals surface area contributed by atoms with E-state index in [0.29, 0.717) is 18.1 Å². The van der Waals surface area contributed by atoms with E-state index in [1.165, 1.54) is 6.20 Å². The van der Waals surface area contributed by atoms with Gasteiger partial charge in [-0.2, -0.15) is 5.26 Å². The second-order valence-corrected chi connectivity index (χ2v) is 4.60. The summed E-state index contributed by atoms with van der Waals surface area (Å²) in [6.45, 7) is 0.631. The molecule has 1 aromatic carbocycles. The third-order valence-corrected chi connectivity index (χ3v) is 2.79. The lowest BCUT2D eigenvalue weighted by molar-refractivity contribution is -0.117. The van der Waals surface area contributed by atoms with Crippen LogP contribution in [0, 0.1) is 11.3 Å². The van der Waals surface area contributed by atoms with Crippen LogP contribution in [0.25, 0.3) is 0 Å². The van der Waals surface area contributed by atoms with Crippen LogP contribution in [0.2, 0.25) is 5.02 Å². The second-order valence-electron chi connectivity index (χ2n) is 4.17. The molecule has 6 heteroatoms. The number of carbonyl (C=O) groups is 1. The summed E-state index contributed by atoms with van der Waals surface area (Å²) in [4.78, 5) is 13.4. The Morgan fingerprint density at radius 2 is 2.15 bits per heavy atom. The first-order valence-corrected chi connectivity index (χ1v) is 6.40. The lowest BCUT2D eigenvalue weighted by Gasteiger charge is -2.12. The Morgan fingerprint density at radius 3 is 2.70 bits per heavy atom. The lowest BCUT2D eigenvalue weighted by Crippen LogP contribution is -2.26. The Bertz CT molecular complexity index is 520. The van der Waals surface area contributed by atoms with Crippen LogP contribution in [-0.4, -0.2) is 36.1 Å². The van der Waals surface area contributed by atoms with E-state index in [9.17, 15) is 4.79 Å². The van der Waals surface area contributed by atoms with E-state index < -0.39 is 5.91 Å². The van der Waals surface area contributed by atoms with Gasteiger partial charge >= 0.3 is 0 Å². The van der Waals surface area contributed by atoms with Gasteiger partial charge in [0.1, 0.15) is 11.6 Å². The van der Waals surface area contributed by atoms with Crippen molar-refractivity contribution in [2.75, 3.05) is 20.2 Å². The highest BCUT2D eigenvalue weighted by atomic mass is 35.5. The Morgan fingerprint density at radius 1 is 1.50 bits per heavy atom. The Labute approximate surface area is 123 Å². The molecule has 0 saturated carbocycles. The number of amides is 1. The molecular formula is C14H16ClN3O2. The van der Waals surface area contributed by atoms with Gasteiger partial charge in [-0.25, -0.2) is 0 Å². The zero-order chi connectivity index (χ0) is 15.0. The normalized spacial score (nSPS) is 10.8. The van der Waals surface area contributed by atoms with Gasteiger partial charge in [-0.05, 0) is 17.7 Å². The minimum absolute atomic E-state index is 0.00471. The molecule has 0 atom stereocenters. The summed E-state index contributed by atoms with van der Waals surface area (Å²) in [6, 6.07) is 8.92. The standard InChI is InChI=1S/C14H16ClN3O2/c1-18(6-7-19)10-12(8-16)14(20)17-9-11-2-4-13(15)5-3-11/h2-5,10,19H,6-7,9H2,1H3,(H,17,20)/b12-10-. The monoisotopic (exact) mass is 293 g/mol. The van der Waals surface area contributed by atoms with E-state index in [2.05, 4.69) is 5.32 Å². The molecule has 0 spiro atoms. The maximum Gasteiger partial charge on any atom is 0.263 e. The highest BCUT2D eigenvalue weighted by molar-refractivity contribution is 6.30. The molecule has 0 aliphatic carbocycles. The van der Waals surface area contributed by atoms with Crippen LogP contribution in [0.15, 0.2) is 36.0 Å². The molecule has 1 aromatic rings. The molecule has 1 rings (SSSR count). The highest BCUT2D eigenvalue weighted by Crippen LogP contribution is 2.09. The number of hydrogen-bond acceptors (Lipinski definition) is 4. The van der Waals surface area contributed by atoms with Gasteiger partial charge < -0.3 is 15.3 Å². The van der Waals surface area contributed by atoms with Crippen molar-refractivity contribution in [1.29, 1.82) is 5.26 Å². The van der Waals surface area contributed by atoms with Crippen LogP contribution in [0.3, 0.4) is 0 Å². The molecule has 2 N–H and O–H groups in total. The third kappa shape index (κ3) is 5.31. The van der Waals surface area contributed by atoms with E-state index in [0.717, 1.165) is 5.56 Å². The second kappa shape index (κ2) is 8.20. The molecule has 20 heavy (non-hydrogen) atoms. The third-order valence-electron chi connectivity index (χ3n) is 2.53. The number of likely N-dealkylation sites (N-methyl/N-ethyl adjacent to an activating group) is 1. The molecule has 0 radical (unpaired) electrons. The number of hydrogen-bond donors (Lipinski definition) is 2. The molecule has 0 aliphatic rings. The van der Waals surface area contributed by atoms with Crippen LogP contribution < -0.4 is 5.32 Å². The predicted molar refractivity (Wildman–Crippen MR) is 76.7 cm³/mol. The molecule has 0 bridgehead atoms. The van der Waals surface area contributed by atoms with Crippen molar-refractivity contribution in [2.24, 2.45) is 0 Å². The Kier molecular flexibility index (Phi) is 6.57. The minimum Gasteiger partial charge on any atom is -0.395 e. The molecular weight excluding hydrogens is 278 g/mol. The van der Waals surface area contributed by atoms with Crippen LogP contribution in [0.5, 0.6) is 0 Å². The first kappa shape index (κ1) is 16.0. The fourth-order valence-electron chi connectivity index (χ4n) is 1.46. The van der Waals surface area contributed by atoms with Crippen LogP contribution >= 0.6 is 11.6 Å². The number of benzene rings is 1. The van der Waals surface area contributed by atoms with Crippen molar-refractivity contribution in [1.82, 2.24) is 10.2 Å². The van der Waals surface area contributed by atoms with Crippen LogP contribution in [-0.2, 0) is 11.3 Å². The number of rotatable bonds is 6. The summed E-state index contributed by atoms with van der Waals surface area (Å²) in [6.07, 6.45) is 1.41. The maximum atomic E-state index is 11.8. The molecule has 5 nitrogen and oxygen atoms in total. The summed E-state index contributed by atoms with van der Waals surface area (Å²) < 4.78 is 0.